The molecule has 2 N–H and O–H groups in total. The molecular formula is C17H21NO2. The fourth-order valence-electron chi connectivity index (χ4n) is 2.29. The normalized spacial score (nSPS) is 12.1. The first-order valence-corrected chi connectivity index (χ1v) is 6.91. The molecule has 1 atom stereocenters. The second kappa shape index (κ2) is 6.96. The van der Waals surface area contributed by atoms with Crippen molar-refractivity contribution in [2.24, 2.45) is 0 Å². The maximum Gasteiger partial charge on any atom is 0.119 e. The van der Waals surface area contributed by atoms with Crippen LogP contribution in [0, 0.1) is 0 Å². The second-order valence-corrected chi connectivity index (χ2v) is 4.72. The Morgan fingerprint density at radius 2 is 1.95 bits per heavy atom. The minimum atomic E-state index is 0.192. The highest BCUT2D eigenvalue weighted by Gasteiger charge is 2.11. The van der Waals surface area contributed by atoms with Gasteiger partial charge in [0, 0.05) is 6.04 Å². The molecule has 0 aromatic heterocycles. The van der Waals surface area contributed by atoms with Crippen LogP contribution in [0.4, 0.5) is 0 Å². The monoisotopic (exact) mass is 271 g/mol. The number of ether oxygens (including phenoxy) is 1. The number of rotatable bonds is 6. The predicted molar refractivity (Wildman–Crippen MR) is 81.2 cm³/mol. The summed E-state index contributed by atoms with van der Waals surface area (Å²) in [5, 5.41) is 12.9. The highest BCUT2D eigenvalue weighted by Crippen LogP contribution is 2.23. The lowest BCUT2D eigenvalue weighted by atomic mass is 9.98. The average Bonchev–Trinajstić information content (AvgIpc) is 2.45. The van der Waals surface area contributed by atoms with Gasteiger partial charge in [-0.1, -0.05) is 24.3 Å². The van der Waals surface area contributed by atoms with Gasteiger partial charge in [-0.2, -0.15) is 0 Å². The molecule has 0 saturated carbocycles. The first-order chi connectivity index (χ1) is 9.72. The number of hydrogen-bond donors (Lipinski definition) is 2. The van der Waals surface area contributed by atoms with E-state index in [9.17, 15) is 5.11 Å². The molecule has 2 aromatic carbocycles. The van der Waals surface area contributed by atoms with Crippen LogP contribution in [0.1, 0.15) is 24.1 Å². The number of hydrogen-bond acceptors (Lipinski definition) is 3. The van der Waals surface area contributed by atoms with Crippen LogP contribution in [0.3, 0.4) is 0 Å². The lowest BCUT2D eigenvalue weighted by Crippen LogP contribution is -2.18. The van der Waals surface area contributed by atoms with Crippen molar-refractivity contribution < 1.29 is 9.84 Å². The predicted octanol–water partition coefficient (Wildman–Crippen LogP) is 3.29. The molecule has 0 amide bonds. The van der Waals surface area contributed by atoms with Crippen LogP contribution < -0.4 is 10.1 Å². The molecule has 0 bridgehead atoms. The molecule has 20 heavy (non-hydrogen) atoms. The van der Waals surface area contributed by atoms with Gasteiger partial charge in [0.15, 0.2) is 0 Å². The first-order valence-electron chi connectivity index (χ1n) is 6.91. The molecule has 0 aliphatic rings. The molecule has 106 valence electrons. The highest BCUT2D eigenvalue weighted by atomic mass is 16.5. The summed E-state index contributed by atoms with van der Waals surface area (Å²) in [6.45, 7) is 2.65. The Morgan fingerprint density at radius 1 is 1.15 bits per heavy atom. The van der Waals surface area contributed by atoms with Gasteiger partial charge in [0.2, 0.25) is 0 Å². The van der Waals surface area contributed by atoms with E-state index in [-0.39, 0.29) is 6.04 Å². The summed E-state index contributed by atoms with van der Waals surface area (Å²) in [7, 11) is 1.95. The summed E-state index contributed by atoms with van der Waals surface area (Å²) < 4.78 is 5.54. The summed E-state index contributed by atoms with van der Waals surface area (Å²) in [5.41, 5.74) is 2.29. The Kier molecular flexibility index (Phi) is 5.02. The third-order valence-corrected chi connectivity index (χ3v) is 3.27. The number of nitrogens with one attached hydrogen (secondary N) is 1. The van der Waals surface area contributed by atoms with E-state index in [0.717, 1.165) is 17.7 Å². The maximum absolute atomic E-state index is 9.54. The zero-order valence-corrected chi connectivity index (χ0v) is 12.0. The van der Waals surface area contributed by atoms with Gasteiger partial charge in [0.05, 0.1) is 6.61 Å². The van der Waals surface area contributed by atoms with Gasteiger partial charge in [-0.25, -0.2) is 0 Å². The first kappa shape index (κ1) is 14.4. The Bertz CT molecular complexity index is 554. The quantitative estimate of drug-likeness (QED) is 0.847. The van der Waals surface area contributed by atoms with E-state index in [1.165, 1.54) is 5.56 Å². The molecule has 3 heteroatoms. The van der Waals surface area contributed by atoms with Crippen LogP contribution in [0.5, 0.6) is 11.5 Å². The summed E-state index contributed by atoms with van der Waals surface area (Å²) in [4.78, 5) is 0. The molecule has 0 spiro atoms. The molecule has 2 aromatic rings. The van der Waals surface area contributed by atoms with Crippen LogP contribution in [0.25, 0.3) is 0 Å². The van der Waals surface area contributed by atoms with Crippen LogP contribution >= 0.6 is 0 Å². The molecule has 2 rings (SSSR count). The average molecular weight is 271 g/mol. The molecule has 0 saturated heterocycles. The van der Waals surface area contributed by atoms with Crippen molar-refractivity contribution in [2.45, 2.75) is 19.4 Å². The zero-order chi connectivity index (χ0) is 14.4. The number of likely N-dealkylation sites (N-methyl/N-ethyl adjacent to an activating group) is 1. The molecule has 0 aliphatic carbocycles. The standard InChI is InChI=1S/C17H21NO2/c1-3-20-16-9-5-7-14(12-16)17(18-2)11-13-6-4-8-15(19)10-13/h4-10,12,17-19H,3,11H2,1-2H3. The van der Waals surface area contributed by atoms with Gasteiger partial charge in [-0.05, 0) is 55.8 Å². The van der Waals surface area contributed by atoms with Crippen LogP contribution in [0.15, 0.2) is 48.5 Å². The van der Waals surface area contributed by atoms with E-state index in [0.29, 0.717) is 12.4 Å². The topological polar surface area (TPSA) is 41.5 Å². The Morgan fingerprint density at radius 3 is 2.65 bits per heavy atom. The molecule has 1 unspecified atom stereocenters. The summed E-state index contributed by atoms with van der Waals surface area (Å²) >= 11 is 0. The highest BCUT2D eigenvalue weighted by molar-refractivity contribution is 5.33. The van der Waals surface area contributed by atoms with Gasteiger partial charge < -0.3 is 15.2 Å². The molecule has 3 nitrogen and oxygen atoms in total. The van der Waals surface area contributed by atoms with Gasteiger partial charge in [-0.3, -0.25) is 0 Å². The largest absolute Gasteiger partial charge is 0.508 e. The molecule has 0 fully saturated rings. The Hall–Kier alpha value is -2.00. The SMILES string of the molecule is CCOc1cccc(C(Cc2cccc(O)c2)NC)c1. The van der Waals surface area contributed by atoms with Crippen LogP contribution in [-0.2, 0) is 6.42 Å². The third-order valence-electron chi connectivity index (χ3n) is 3.27. The number of benzene rings is 2. The van der Waals surface area contributed by atoms with Crippen LogP contribution in [0.2, 0.25) is 0 Å². The fraction of sp³-hybridized carbons (Fsp3) is 0.294. The van der Waals surface area contributed by atoms with Gasteiger partial charge in [0.1, 0.15) is 11.5 Å². The minimum absolute atomic E-state index is 0.192. The Labute approximate surface area is 120 Å². The van der Waals surface area contributed by atoms with Crippen molar-refractivity contribution in [1.29, 1.82) is 0 Å². The van der Waals surface area contributed by atoms with Crippen molar-refractivity contribution >= 4 is 0 Å². The van der Waals surface area contributed by atoms with Crippen molar-refractivity contribution in [3.8, 4) is 11.5 Å². The van der Waals surface area contributed by atoms with Crippen molar-refractivity contribution in [3.63, 3.8) is 0 Å². The lowest BCUT2D eigenvalue weighted by molar-refractivity contribution is 0.339. The van der Waals surface area contributed by atoms with Crippen molar-refractivity contribution in [1.82, 2.24) is 5.32 Å². The van der Waals surface area contributed by atoms with E-state index >= 15 is 0 Å². The van der Waals surface area contributed by atoms with Crippen molar-refractivity contribution in [3.05, 3.63) is 59.7 Å². The smallest absolute Gasteiger partial charge is 0.119 e. The summed E-state index contributed by atoms with van der Waals surface area (Å²) in [6.07, 6.45) is 0.820. The van der Waals surface area contributed by atoms with Crippen molar-refractivity contribution in [2.75, 3.05) is 13.7 Å². The van der Waals surface area contributed by atoms with Crippen LogP contribution in [-0.4, -0.2) is 18.8 Å². The van der Waals surface area contributed by atoms with Gasteiger partial charge in [-0.15, -0.1) is 0 Å². The summed E-state index contributed by atoms with van der Waals surface area (Å²) in [5.74, 6) is 1.20. The number of phenols is 1. The number of phenolic OH excluding ortho intramolecular Hbond substituents is 1. The molecule has 0 heterocycles. The van der Waals surface area contributed by atoms with Gasteiger partial charge in [0.25, 0.3) is 0 Å². The van der Waals surface area contributed by atoms with Gasteiger partial charge >= 0.3 is 0 Å². The zero-order valence-electron chi connectivity index (χ0n) is 12.0. The minimum Gasteiger partial charge on any atom is -0.508 e. The molecular weight excluding hydrogens is 250 g/mol. The van der Waals surface area contributed by atoms with E-state index in [1.54, 1.807) is 12.1 Å². The summed E-state index contributed by atoms with van der Waals surface area (Å²) in [6, 6.07) is 15.7. The lowest BCUT2D eigenvalue weighted by Gasteiger charge is -2.18. The van der Waals surface area contributed by atoms with E-state index in [2.05, 4.69) is 17.4 Å². The fourth-order valence-corrected chi connectivity index (χ4v) is 2.29. The second-order valence-electron chi connectivity index (χ2n) is 4.72. The van der Waals surface area contributed by atoms with E-state index in [1.807, 2.05) is 38.2 Å². The third kappa shape index (κ3) is 3.75. The number of aromatic hydroxyl groups is 1. The molecule has 0 aliphatic heterocycles. The molecule has 0 radical (unpaired) electrons. The Balaban J connectivity index is 2.17. The van der Waals surface area contributed by atoms with E-state index < -0.39 is 0 Å². The van der Waals surface area contributed by atoms with E-state index in [4.69, 9.17) is 4.74 Å². The maximum atomic E-state index is 9.54.